The predicted molar refractivity (Wildman–Crippen MR) is 148 cm³/mol. The number of hydrogen-bond donors (Lipinski definition) is 4. The summed E-state index contributed by atoms with van der Waals surface area (Å²) in [7, 11) is 3.99. The van der Waals surface area contributed by atoms with Crippen molar-refractivity contribution in [3.63, 3.8) is 0 Å². The quantitative estimate of drug-likeness (QED) is 0.224. The summed E-state index contributed by atoms with van der Waals surface area (Å²) in [6.45, 7) is 11.8. The van der Waals surface area contributed by atoms with E-state index in [0.717, 1.165) is 60.4 Å². The van der Waals surface area contributed by atoms with Gasteiger partial charge in [-0.05, 0) is 108 Å². The minimum atomic E-state index is -0.199. The van der Waals surface area contributed by atoms with Gasteiger partial charge in [-0.15, -0.1) is 0 Å². The van der Waals surface area contributed by atoms with Gasteiger partial charge in [0.05, 0.1) is 11.3 Å². The normalized spacial score (nSPS) is 14.9. The van der Waals surface area contributed by atoms with Crippen molar-refractivity contribution in [3.05, 3.63) is 64.2 Å². The van der Waals surface area contributed by atoms with E-state index in [9.17, 15) is 9.90 Å². The molecule has 35 heavy (non-hydrogen) atoms. The number of carbonyl (C=O) groups is 1. The second-order valence-electron chi connectivity index (χ2n) is 9.46. The number of aryl methyl sites for hydroxylation is 2. The van der Waals surface area contributed by atoms with Gasteiger partial charge in [0.2, 0.25) is 0 Å². The molecule has 4 N–H and O–H groups in total. The molecule has 6 nitrogen and oxygen atoms in total. The highest BCUT2D eigenvalue weighted by molar-refractivity contribution is 6.24. The van der Waals surface area contributed by atoms with E-state index in [2.05, 4.69) is 22.6 Å². The number of likely N-dealkylation sites (tertiary alicyclic amines) is 1. The number of aromatic hydroxyl groups is 1. The zero-order valence-electron chi connectivity index (χ0n) is 22.4. The van der Waals surface area contributed by atoms with Crippen LogP contribution in [0, 0.1) is 19.3 Å². The Morgan fingerprint density at radius 2 is 1.77 bits per heavy atom. The van der Waals surface area contributed by atoms with Gasteiger partial charge in [-0.1, -0.05) is 30.7 Å². The van der Waals surface area contributed by atoms with Crippen LogP contribution in [-0.2, 0) is 4.79 Å². The highest BCUT2D eigenvalue weighted by atomic mass is 16.3. The highest BCUT2D eigenvalue weighted by Gasteiger charge is 2.21. The predicted octanol–water partition coefficient (Wildman–Crippen LogP) is 6.25. The van der Waals surface area contributed by atoms with E-state index < -0.39 is 0 Å². The lowest BCUT2D eigenvalue weighted by Crippen LogP contribution is -2.29. The standard InChI is InChI=1S/C16H22N2O.C13H20N2O/c1-6-10(2)15(13(5)17)16(19)18-14-8-7-11(3)12(4)9-14;1-14-12-5-3-4-11(13(12)16)10-6-8-15(2)9-7-10/h7-9,17H,6H2,1-5H3,(H,18,19);3-5,10,14,16H,6-9H2,1-2H3/b15-10-,17-13?;. The molecule has 1 fully saturated rings. The Morgan fingerprint density at radius 3 is 2.31 bits per heavy atom. The number of para-hydroxylation sites is 1. The smallest absolute Gasteiger partial charge is 0.257 e. The maximum absolute atomic E-state index is 12.2. The molecule has 190 valence electrons. The molecule has 0 spiro atoms. The maximum atomic E-state index is 12.2. The average Bonchev–Trinajstić information content (AvgIpc) is 2.82. The number of phenols is 1. The molecule has 1 heterocycles. The Hall–Kier alpha value is -3.12. The van der Waals surface area contributed by atoms with Crippen molar-refractivity contribution < 1.29 is 9.90 Å². The summed E-state index contributed by atoms with van der Waals surface area (Å²) in [5.41, 5.74) is 6.77. The molecule has 0 bridgehead atoms. The lowest BCUT2D eigenvalue weighted by atomic mass is 9.88. The van der Waals surface area contributed by atoms with Gasteiger partial charge in [-0.3, -0.25) is 4.79 Å². The van der Waals surface area contributed by atoms with E-state index in [1.807, 2.05) is 71.1 Å². The number of nitrogens with zero attached hydrogens (tertiary/aromatic N) is 1. The zero-order chi connectivity index (χ0) is 26.1. The Bertz CT molecular complexity index is 1070. The van der Waals surface area contributed by atoms with Crippen molar-refractivity contribution in [2.75, 3.05) is 37.8 Å². The molecular formula is C29H42N4O2. The number of hydrogen-bond acceptors (Lipinski definition) is 5. The van der Waals surface area contributed by atoms with Gasteiger partial charge in [-0.2, -0.15) is 0 Å². The Balaban J connectivity index is 0.000000250. The number of allylic oxidation sites excluding steroid dienone is 1. The molecule has 1 aliphatic rings. The Labute approximate surface area is 211 Å². The molecule has 0 atom stereocenters. The first-order valence-electron chi connectivity index (χ1n) is 12.4. The summed E-state index contributed by atoms with van der Waals surface area (Å²) in [6, 6.07) is 11.8. The van der Waals surface area contributed by atoms with Crippen molar-refractivity contribution in [1.82, 2.24) is 4.90 Å². The topological polar surface area (TPSA) is 88.5 Å². The number of benzene rings is 2. The van der Waals surface area contributed by atoms with Gasteiger partial charge in [0, 0.05) is 18.4 Å². The van der Waals surface area contributed by atoms with Crippen LogP contribution in [0.3, 0.4) is 0 Å². The minimum Gasteiger partial charge on any atom is -0.505 e. The lowest BCUT2D eigenvalue weighted by Gasteiger charge is -2.29. The Morgan fingerprint density at radius 1 is 1.11 bits per heavy atom. The van der Waals surface area contributed by atoms with Gasteiger partial charge < -0.3 is 26.0 Å². The number of piperidine rings is 1. The fourth-order valence-corrected chi connectivity index (χ4v) is 4.29. The fraction of sp³-hybridized carbons (Fsp3) is 0.448. The summed E-state index contributed by atoms with van der Waals surface area (Å²) in [4.78, 5) is 14.6. The molecule has 0 unspecified atom stereocenters. The number of anilines is 2. The molecule has 0 radical (unpaired) electrons. The third-order valence-electron chi connectivity index (χ3n) is 6.82. The molecule has 2 aromatic rings. The number of nitrogens with one attached hydrogen (secondary N) is 3. The summed E-state index contributed by atoms with van der Waals surface area (Å²) in [5.74, 6) is 0.735. The molecule has 3 rings (SSSR count). The highest BCUT2D eigenvalue weighted by Crippen LogP contribution is 2.37. The van der Waals surface area contributed by atoms with Crippen LogP contribution in [0.5, 0.6) is 5.75 Å². The van der Waals surface area contributed by atoms with Gasteiger partial charge in [-0.25, -0.2) is 0 Å². The van der Waals surface area contributed by atoms with Gasteiger partial charge in [0.1, 0.15) is 5.75 Å². The van der Waals surface area contributed by atoms with Crippen LogP contribution in [-0.4, -0.2) is 48.8 Å². The van der Waals surface area contributed by atoms with Gasteiger partial charge in [0.25, 0.3) is 5.91 Å². The first kappa shape index (κ1) is 28.1. The summed E-state index contributed by atoms with van der Waals surface area (Å²) in [5, 5.41) is 23.8. The van der Waals surface area contributed by atoms with Crippen LogP contribution in [0.15, 0.2) is 47.5 Å². The third-order valence-corrected chi connectivity index (χ3v) is 6.82. The summed E-state index contributed by atoms with van der Waals surface area (Å²) in [6.07, 6.45) is 3.04. The number of carbonyl (C=O) groups excluding carboxylic acids is 1. The number of phenolic OH excluding ortho intramolecular Hbond substituents is 1. The molecule has 1 amide bonds. The SMILES string of the molecule is CC/C(C)=C(/C(C)=N)C(=O)Nc1ccc(C)c(C)c1.CNc1cccc(C2CCN(C)CC2)c1O. The van der Waals surface area contributed by atoms with Crippen molar-refractivity contribution in [1.29, 1.82) is 5.41 Å². The van der Waals surface area contributed by atoms with Crippen molar-refractivity contribution in [2.24, 2.45) is 0 Å². The molecule has 1 saturated heterocycles. The van der Waals surface area contributed by atoms with Crippen LogP contribution in [0.4, 0.5) is 11.4 Å². The van der Waals surface area contributed by atoms with Crippen LogP contribution in [0.1, 0.15) is 62.6 Å². The lowest BCUT2D eigenvalue weighted by molar-refractivity contribution is -0.112. The van der Waals surface area contributed by atoms with E-state index in [4.69, 9.17) is 5.41 Å². The van der Waals surface area contributed by atoms with Gasteiger partial charge >= 0.3 is 0 Å². The van der Waals surface area contributed by atoms with E-state index in [-0.39, 0.29) is 5.91 Å². The van der Waals surface area contributed by atoms with E-state index in [1.165, 1.54) is 5.56 Å². The maximum Gasteiger partial charge on any atom is 0.257 e. The second kappa shape index (κ2) is 13.1. The van der Waals surface area contributed by atoms with Crippen LogP contribution in [0.25, 0.3) is 0 Å². The average molecular weight is 479 g/mol. The second-order valence-corrected chi connectivity index (χ2v) is 9.46. The van der Waals surface area contributed by atoms with Gasteiger partial charge in [0.15, 0.2) is 0 Å². The molecular weight excluding hydrogens is 436 g/mol. The fourth-order valence-electron chi connectivity index (χ4n) is 4.29. The largest absolute Gasteiger partial charge is 0.505 e. The Kier molecular flexibility index (Phi) is 10.5. The molecule has 6 heteroatoms. The van der Waals surface area contributed by atoms with E-state index >= 15 is 0 Å². The number of rotatable bonds is 6. The van der Waals surface area contributed by atoms with Crippen molar-refractivity contribution in [3.8, 4) is 5.75 Å². The van der Waals surface area contributed by atoms with Crippen LogP contribution in [0.2, 0.25) is 0 Å². The number of amides is 1. The van der Waals surface area contributed by atoms with Crippen molar-refractivity contribution >= 4 is 23.0 Å². The van der Waals surface area contributed by atoms with E-state index in [0.29, 0.717) is 23.0 Å². The monoisotopic (exact) mass is 478 g/mol. The third kappa shape index (κ3) is 7.69. The zero-order valence-corrected chi connectivity index (χ0v) is 22.4. The van der Waals surface area contributed by atoms with Crippen molar-refractivity contribution in [2.45, 2.75) is 59.8 Å². The molecule has 2 aromatic carbocycles. The first-order chi connectivity index (χ1) is 16.6. The molecule has 0 aromatic heterocycles. The molecule has 1 aliphatic heterocycles. The molecule has 0 aliphatic carbocycles. The van der Waals surface area contributed by atoms with Crippen LogP contribution >= 0.6 is 0 Å². The summed E-state index contributed by atoms with van der Waals surface area (Å²) < 4.78 is 0. The first-order valence-corrected chi connectivity index (χ1v) is 12.4. The van der Waals surface area contributed by atoms with E-state index in [1.54, 1.807) is 6.92 Å². The molecule has 0 saturated carbocycles. The van der Waals surface area contributed by atoms with Crippen LogP contribution < -0.4 is 10.6 Å². The summed E-state index contributed by atoms with van der Waals surface area (Å²) >= 11 is 0. The minimum absolute atomic E-state index is 0.199.